The zero-order chi connectivity index (χ0) is 24.0. The molecule has 33 heavy (non-hydrogen) atoms. The molecule has 5 rings (SSSR count). The number of aliphatic hydroxyl groups is 2. The fraction of sp³-hybridized carbons (Fsp3) is 0.933. The normalized spacial score (nSPS) is 52.6. The van der Waals surface area contributed by atoms with Gasteiger partial charge in [0.1, 0.15) is 0 Å². The summed E-state index contributed by atoms with van der Waals surface area (Å²) in [7, 11) is 0. The van der Waals surface area contributed by atoms with Crippen LogP contribution in [0.3, 0.4) is 0 Å². The van der Waals surface area contributed by atoms with Gasteiger partial charge in [-0.25, -0.2) is 0 Å². The van der Waals surface area contributed by atoms with Crippen LogP contribution in [0, 0.1) is 45.3 Å². The molecule has 3 nitrogen and oxygen atoms in total. The lowest BCUT2D eigenvalue weighted by molar-refractivity contribution is -0.209. The van der Waals surface area contributed by atoms with Gasteiger partial charge in [0, 0.05) is 5.92 Å². The summed E-state index contributed by atoms with van der Waals surface area (Å²) < 4.78 is 6.18. The van der Waals surface area contributed by atoms with E-state index in [0.29, 0.717) is 23.2 Å². The molecule has 188 valence electrons. The molecule has 2 N–H and O–H groups in total. The highest BCUT2D eigenvalue weighted by Crippen LogP contribution is 2.72. The molecule has 1 heterocycles. The first-order valence-electron chi connectivity index (χ1n) is 14.1. The van der Waals surface area contributed by atoms with Crippen molar-refractivity contribution in [3.63, 3.8) is 0 Å². The maximum atomic E-state index is 10.8. The van der Waals surface area contributed by atoms with Gasteiger partial charge < -0.3 is 14.9 Å². The third-order valence-corrected chi connectivity index (χ3v) is 12.7. The monoisotopic (exact) mass is 458 g/mol. The van der Waals surface area contributed by atoms with Crippen LogP contribution in [0.15, 0.2) is 11.1 Å². The Hall–Kier alpha value is -0.380. The maximum Gasteiger partial charge on any atom is 0.157 e. The van der Waals surface area contributed by atoms with Crippen LogP contribution in [0.25, 0.3) is 0 Å². The summed E-state index contributed by atoms with van der Waals surface area (Å²) in [6, 6.07) is 0. The zero-order valence-electron chi connectivity index (χ0n) is 22.4. The minimum absolute atomic E-state index is 0.0101. The third kappa shape index (κ3) is 3.23. The molecule has 0 aromatic rings. The molecule has 0 aromatic carbocycles. The van der Waals surface area contributed by atoms with Gasteiger partial charge in [-0.2, -0.15) is 0 Å². The number of fused-ring (bicyclic) bond motifs is 4. The van der Waals surface area contributed by atoms with Crippen molar-refractivity contribution in [3.05, 3.63) is 11.1 Å². The number of hydrogen-bond donors (Lipinski definition) is 2. The number of allylic oxidation sites excluding steroid dienone is 2. The first kappa shape index (κ1) is 24.3. The van der Waals surface area contributed by atoms with E-state index in [1.807, 2.05) is 5.57 Å². The second-order valence-electron chi connectivity index (χ2n) is 14.2. The van der Waals surface area contributed by atoms with Crippen LogP contribution < -0.4 is 0 Å². The summed E-state index contributed by atoms with van der Waals surface area (Å²) in [6.45, 7) is 17.0. The van der Waals surface area contributed by atoms with Gasteiger partial charge >= 0.3 is 0 Å². The van der Waals surface area contributed by atoms with Crippen LogP contribution in [0.1, 0.15) is 113 Å². The van der Waals surface area contributed by atoms with Crippen LogP contribution in [0.5, 0.6) is 0 Å². The minimum atomic E-state index is -0.590. The van der Waals surface area contributed by atoms with Crippen LogP contribution in [0.2, 0.25) is 0 Å². The molecule has 5 aliphatic rings. The van der Waals surface area contributed by atoms with E-state index in [1.165, 1.54) is 38.5 Å². The highest BCUT2D eigenvalue weighted by Gasteiger charge is 2.63. The first-order valence-corrected chi connectivity index (χ1v) is 14.1. The lowest BCUT2D eigenvalue weighted by Gasteiger charge is -2.62. The summed E-state index contributed by atoms with van der Waals surface area (Å²) >= 11 is 0. The Bertz CT molecular complexity index is 815. The third-order valence-electron chi connectivity index (χ3n) is 12.7. The van der Waals surface area contributed by atoms with E-state index in [-0.39, 0.29) is 34.4 Å². The zero-order valence-corrected chi connectivity index (χ0v) is 22.4. The predicted molar refractivity (Wildman–Crippen MR) is 133 cm³/mol. The van der Waals surface area contributed by atoms with E-state index in [0.717, 1.165) is 25.7 Å². The van der Waals surface area contributed by atoms with E-state index in [1.54, 1.807) is 5.57 Å². The molecule has 0 spiro atoms. The molecule has 1 saturated heterocycles. The number of aliphatic hydroxyl groups excluding tert-OH is 2. The average Bonchev–Trinajstić information content (AvgIpc) is 3.04. The first-order chi connectivity index (χ1) is 15.4. The Balaban J connectivity index is 1.46. The highest BCUT2D eigenvalue weighted by atomic mass is 16.6. The lowest BCUT2D eigenvalue weighted by atomic mass is 9.43. The van der Waals surface area contributed by atoms with Crippen molar-refractivity contribution in [1.82, 2.24) is 0 Å². The van der Waals surface area contributed by atoms with Gasteiger partial charge in [0.2, 0.25) is 0 Å². The quantitative estimate of drug-likeness (QED) is 0.444. The van der Waals surface area contributed by atoms with E-state index in [9.17, 15) is 10.2 Å². The van der Waals surface area contributed by atoms with Gasteiger partial charge in [-0.05, 0) is 104 Å². The number of hydrogen-bond acceptors (Lipinski definition) is 3. The molecule has 3 fully saturated rings. The number of rotatable bonds is 2. The summed E-state index contributed by atoms with van der Waals surface area (Å²) in [5.41, 5.74) is 4.48. The summed E-state index contributed by atoms with van der Waals surface area (Å²) in [6.07, 6.45) is 11.3. The SMILES string of the molecule is C[C@H]([C@@H]1CC[C@H](C)C(O)O1)[C@H]1CC[C@@]2(C)C3=C(CC[C@]12C)[C@@]1(C)CC[C@@H](O)C(C)(C)C1CC3. The molecule has 0 radical (unpaired) electrons. The molecule has 0 bridgehead atoms. The fourth-order valence-electron chi connectivity index (χ4n) is 10.2. The van der Waals surface area contributed by atoms with E-state index >= 15 is 0 Å². The molecule has 1 aliphatic heterocycles. The Morgan fingerprint density at radius 1 is 0.848 bits per heavy atom. The van der Waals surface area contributed by atoms with Gasteiger partial charge in [-0.1, -0.05) is 59.6 Å². The molecule has 3 heteroatoms. The number of ether oxygens (including phenoxy) is 1. The van der Waals surface area contributed by atoms with Crippen LogP contribution in [-0.4, -0.2) is 28.7 Å². The van der Waals surface area contributed by atoms with Crippen molar-refractivity contribution in [2.24, 2.45) is 45.3 Å². The molecule has 2 unspecified atom stereocenters. The molecule has 2 saturated carbocycles. The average molecular weight is 459 g/mol. The van der Waals surface area contributed by atoms with Crippen LogP contribution in [0.4, 0.5) is 0 Å². The van der Waals surface area contributed by atoms with Gasteiger partial charge in [0.05, 0.1) is 12.2 Å². The second-order valence-corrected chi connectivity index (χ2v) is 14.2. The topological polar surface area (TPSA) is 49.7 Å². The van der Waals surface area contributed by atoms with Crippen molar-refractivity contribution in [1.29, 1.82) is 0 Å². The van der Waals surface area contributed by atoms with Crippen molar-refractivity contribution >= 4 is 0 Å². The van der Waals surface area contributed by atoms with Gasteiger partial charge in [-0.15, -0.1) is 0 Å². The molecule has 4 aliphatic carbocycles. The largest absolute Gasteiger partial charge is 0.393 e. The van der Waals surface area contributed by atoms with Crippen LogP contribution in [-0.2, 0) is 4.74 Å². The predicted octanol–water partition coefficient (Wildman–Crippen LogP) is 6.87. The summed E-state index contributed by atoms with van der Waals surface area (Å²) in [5.74, 6) is 2.01. The lowest BCUT2D eigenvalue weighted by Crippen LogP contribution is -2.55. The Morgan fingerprint density at radius 3 is 2.27 bits per heavy atom. The van der Waals surface area contributed by atoms with Crippen molar-refractivity contribution in [3.8, 4) is 0 Å². The highest BCUT2D eigenvalue weighted by molar-refractivity contribution is 5.38. The second kappa shape index (κ2) is 7.81. The Kier molecular flexibility index (Phi) is 5.75. The van der Waals surface area contributed by atoms with Crippen molar-refractivity contribution in [2.45, 2.75) is 131 Å². The molecule has 0 aromatic heterocycles. The van der Waals surface area contributed by atoms with Gasteiger partial charge in [0.15, 0.2) is 6.29 Å². The molecular weight excluding hydrogens is 408 g/mol. The van der Waals surface area contributed by atoms with E-state index in [4.69, 9.17) is 4.74 Å². The Labute approximate surface area is 202 Å². The van der Waals surface area contributed by atoms with Gasteiger partial charge in [0.25, 0.3) is 0 Å². The van der Waals surface area contributed by atoms with Crippen molar-refractivity contribution < 1.29 is 14.9 Å². The van der Waals surface area contributed by atoms with E-state index < -0.39 is 6.29 Å². The maximum absolute atomic E-state index is 10.8. The fourth-order valence-corrected chi connectivity index (χ4v) is 10.2. The van der Waals surface area contributed by atoms with Crippen molar-refractivity contribution in [2.75, 3.05) is 0 Å². The molecule has 10 atom stereocenters. The minimum Gasteiger partial charge on any atom is -0.393 e. The standard InChI is InChI=1S/C30H50O3/c1-18-8-10-23(33-26(18)32)19(2)20-12-16-30(7)22-9-11-24-27(3,4)25(31)14-15-28(24,5)21(22)13-17-29(20,30)6/h18-20,23-26,31-32H,8-17H2,1-7H3/t18-,19-,20+,23-,24?,25+,26?,28+,29+,30-/m0/s1. The smallest absolute Gasteiger partial charge is 0.157 e. The van der Waals surface area contributed by atoms with E-state index in [2.05, 4.69) is 48.5 Å². The van der Waals surface area contributed by atoms with Gasteiger partial charge in [-0.3, -0.25) is 0 Å². The molecular formula is C30H50O3. The summed E-state index contributed by atoms with van der Waals surface area (Å²) in [5, 5.41) is 21.2. The van der Waals surface area contributed by atoms with Crippen LogP contribution >= 0.6 is 0 Å². The summed E-state index contributed by atoms with van der Waals surface area (Å²) in [4.78, 5) is 0. The Morgan fingerprint density at radius 2 is 1.58 bits per heavy atom. The molecule has 0 amide bonds.